The molecule has 2 rings (SSSR count). The van der Waals surface area contributed by atoms with Crippen LogP contribution in [0.25, 0.3) is 0 Å². The van der Waals surface area contributed by atoms with Crippen molar-refractivity contribution in [1.29, 1.82) is 0 Å². The van der Waals surface area contributed by atoms with Gasteiger partial charge in [0.2, 0.25) is 5.91 Å². The first-order chi connectivity index (χ1) is 7.66. The first kappa shape index (κ1) is 11.2. The van der Waals surface area contributed by atoms with Crippen LogP contribution in [0.3, 0.4) is 0 Å². The van der Waals surface area contributed by atoms with Gasteiger partial charge in [0.05, 0.1) is 6.54 Å². The smallest absolute Gasteiger partial charge is 0.218 e. The maximum atomic E-state index is 10.5. The molecule has 1 aromatic rings. The lowest BCUT2D eigenvalue weighted by Crippen LogP contribution is -2.21. The van der Waals surface area contributed by atoms with E-state index in [0.29, 0.717) is 25.4 Å². The Morgan fingerprint density at radius 2 is 2.38 bits per heavy atom. The average molecular weight is 222 g/mol. The van der Waals surface area contributed by atoms with Crippen molar-refractivity contribution in [2.24, 2.45) is 11.7 Å². The Kier molecular flexibility index (Phi) is 3.29. The Hall–Kier alpha value is -1.29. The fourth-order valence-electron chi connectivity index (χ4n) is 1.83. The highest BCUT2D eigenvalue weighted by molar-refractivity contribution is 5.73. The number of rotatable bonds is 6. The van der Waals surface area contributed by atoms with Crippen LogP contribution < -0.4 is 11.1 Å². The Bertz CT molecular complexity index is 373. The summed E-state index contributed by atoms with van der Waals surface area (Å²) in [7, 11) is 0. The molecule has 3 N–H and O–H groups in total. The number of carbonyl (C=O) groups is 1. The highest BCUT2D eigenvalue weighted by Gasteiger charge is 2.36. The van der Waals surface area contributed by atoms with Crippen molar-refractivity contribution in [3.63, 3.8) is 0 Å². The molecule has 0 aliphatic heterocycles. The minimum absolute atomic E-state index is 0.278. The van der Waals surface area contributed by atoms with Gasteiger partial charge >= 0.3 is 0 Å². The summed E-state index contributed by atoms with van der Waals surface area (Å²) in [6.45, 7) is 3.50. The fraction of sp³-hybridized carbons (Fsp3) is 0.583. The molecular weight excluding hydrogens is 204 g/mol. The summed E-state index contributed by atoms with van der Waals surface area (Å²) in [4.78, 5) is 10.5. The lowest BCUT2D eigenvalue weighted by atomic mass is 10.3. The number of primary amides is 1. The van der Waals surface area contributed by atoms with E-state index in [1.165, 1.54) is 6.42 Å². The summed E-state index contributed by atoms with van der Waals surface area (Å²) in [6.07, 6.45) is 1.61. The lowest BCUT2D eigenvalue weighted by molar-refractivity contribution is -0.117. The summed E-state index contributed by atoms with van der Waals surface area (Å²) in [5, 5.41) is 3.12. The second kappa shape index (κ2) is 4.70. The zero-order valence-electron chi connectivity index (χ0n) is 9.53. The van der Waals surface area contributed by atoms with E-state index >= 15 is 0 Å². The molecule has 1 saturated carbocycles. The molecule has 2 atom stereocenters. The number of amides is 1. The number of hydrogen-bond acceptors (Lipinski definition) is 3. The van der Waals surface area contributed by atoms with E-state index in [-0.39, 0.29) is 5.91 Å². The van der Waals surface area contributed by atoms with Crippen LogP contribution in [0.15, 0.2) is 16.5 Å². The molecule has 1 aliphatic rings. The SMILES string of the molecule is CC1CC1c1ccc(CNCCC(N)=O)o1. The molecule has 4 heteroatoms. The molecule has 1 fully saturated rings. The van der Waals surface area contributed by atoms with Gasteiger partial charge in [-0.3, -0.25) is 4.79 Å². The first-order valence-electron chi connectivity index (χ1n) is 5.74. The Labute approximate surface area is 95.2 Å². The van der Waals surface area contributed by atoms with Crippen molar-refractivity contribution in [3.8, 4) is 0 Å². The first-order valence-corrected chi connectivity index (χ1v) is 5.74. The second-order valence-corrected chi connectivity index (χ2v) is 4.52. The number of nitrogens with one attached hydrogen (secondary N) is 1. The molecule has 1 heterocycles. The molecule has 4 nitrogen and oxygen atoms in total. The molecule has 0 aromatic carbocycles. The monoisotopic (exact) mass is 222 g/mol. The van der Waals surface area contributed by atoms with Gasteiger partial charge in [-0.1, -0.05) is 6.92 Å². The van der Waals surface area contributed by atoms with Crippen molar-refractivity contribution < 1.29 is 9.21 Å². The number of hydrogen-bond donors (Lipinski definition) is 2. The van der Waals surface area contributed by atoms with Crippen LogP contribution in [0.4, 0.5) is 0 Å². The van der Waals surface area contributed by atoms with Gasteiger partial charge in [0.1, 0.15) is 11.5 Å². The largest absolute Gasteiger partial charge is 0.464 e. The van der Waals surface area contributed by atoms with Gasteiger partial charge in [-0.05, 0) is 24.5 Å². The van der Waals surface area contributed by atoms with Gasteiger partial charge in [0, 0.05) is 18.9 Å². The van der Waals surface area contributed by atoms with E-state index in [4.69, 9.17) is 10.2 Å². The highest BCUT2D eigenvalue weighted by Crippen LogP contribution is 2.47. The molecule has 0 saturated heterocycles. The van der Waals surface area contributed by atoms with Gasteiger partial charge in [-0.25, -0.2) is 0 Å². The molecule has 1 aromatic heterocycles. The quantitative estimate of drug-likeness (QED) is 0.714. The van der Waals surface area contributed by atoms with Gasteiger partial charge in [-0.2, -0.15) is 0 Å². The molecule has 1 aliphatic carbocycles. The minimum atomic E-state index is -0.278. The van der Waals surface area contributed by atoms with Gasteiger partial charge in [0.15, 0.2) is 0 Å². The van der Waals surface area contributed by atoms with Crippen molar-refractivity contribution in [3.05, 3.63) is 23.7 Å². The summed E-state index contributed by atoms with van der Waals surface area (Å²) >= 11 is 0. The highest BCUT2D eigenvalue weighted by atomic mass is 16.3. The van der Waals surface area contributed by atoms with Gasteiger partial charge in [0.25, 0.3) is 0 Å². The topological polar surface area (TPSA) is 68.3 Å². The number of carbonyl (C=O) groups excluding carboxylic acids is 1. The summed E-state index contributed by atoms with van der Waals surface area (Å²) in [5.74, 6) is 3.14. The van der Waals surface area contributed by atoms with E-state index in [1.807, 2.05) is 6.07 Å². The van der Waals surface area contributed by atoms with E-state index in [1.54, 1.807) is 0 Å². The molecular formula is C12H18N2O2. The van der Waals surface area contributed by atoms with E-state index in [9.17, 15) is 4.79 Å². The zero-order chi connectivity index (χ0) is 11.5. The standard InChI is InChI=1S/C12H18N2O2/c1-8-6-10(8)11-3-2-9(16-11)7-14-5-4-12(13)15/h2-3,8,10,14H,4-7H2,1H3,(H2,13,15). The van der Waals surface area contributed by atoms with Crippen LogP contribution in [0.2, 0.25) is 0 Å². The Morgan fingerprint density at radius 1 is 1.62 bits per heavy atom. The van der Waals surface area contributed by atoms with Crippen LogP contribution >= 0.6 is 0 Å². The van der Waals surface area contributed by atoms with Crippen LogP contribution in [0.5, 0.6) is 0 Å². The molecule has 88 valence electrons. The third-order valence-electron chi connectivity index (χ3n) is 3.00. The molecule has 0 spiro atoms. The average Bonchev–Trinajstić information content (AvgIpc) is 2.79. The Balaban J connectivity index is 1.73. The zero-order valence-corrected chi connectivity index (χ0v) is 9.53. The maximum Gasteiger partial charge on any atom is 0.218 e. The number of furan rings is 1. The minimum Gasteiger partial charge on any atom is -0.464 e. The summed E-state index contributed by atoms with van der Waals surface area (Å²) in [5.41, 5.74) is 5.04. The molecule has 16 heavy (non-hydrogen) atoms. The van der Waals surface area contributed by atoms with Crippen LogP contribution in [-0.2, 0) is 11.3 Å². The van der Waals surface area contributed by atoms with Crippen LogP contribution in [0.1, 0.15) is 37.2 Å². The predicted octanol–water partition coefficient (Wildman–Crippen LogP) is 1.37. The third kappa shape index (κ3) is 2.85. The molecule has 2 unspecified atom stereocenters. The third-order valence-corrected chi connectivity index (χ3v) is 3.00. The van der Waals surface area contributed by atoms with Gasteiger partial charge < -0.3 is 15.5 Å². The molecule has 1 amide bonds. The Morgan fingerprint density at radius 3 is 3.00 bits per heavy atom. The van der Waals surface area contributed by atoms with Crippen molar-refractivity contribution in [1.82, 2.24) is 5.32 Å². The fourth-order valence-corrected chi connectivity index (χ4v) is 1.83. The predicted molar refractivity (Wildman–Crippen MR) is 60.7 cm³/mol. The van der Waals surface area contributed by atoms with Crippen molar-refractivity contribution in [2.75, 3.05) is 6.54 Å². The normalized spacial score (nSPS) is 23.3. The molecule has 0 bridgehead atoms. The van der Waals surface area contributed by atoms with Crippen LogP contribution in [0, 0.1) is 5.92 Å². The number of nitrogens with two attached hydrogens (primary N) is 1. The summed E-state index contributed by atoms with van der Waals surface area (Å²) < 4.78 is 5.71. The van der Waals surface area contributed by atoms with Crippen molar-refractivity contribution in [2.45, 2.75) is 32.2 Å². The van der Waals surface area contributed by atoms with E-state index in [2.05, 4.69) is 18.3 Å². The van der Waals surface area contributed by atoms with Crippen molar-refractivity contribution >= 4 is 5.91 Å². The van der Waals surface area contributed by atoms with Gasteiger partial charge in [-0.15, -0.1) is 0 Å². The summed E-state index contributed by atoms with van der Waals surface area (Å²) in [6, 6.07) is 4.05. The molecule has 0 radical (unpaired) electrons. The van der Waals surface area contributed by atoms with E-state index < -0.39 is 0 Å². The maximum absolute atomic E-state index is 10.5. The lowest BCUT2D eigenvalue weighted by Gasteiger charge is -2.00. The van der Waals surface area contributed by atoms with Crippen LogP contribution in [-0.4, -0.2) is 12.5 Å². The second-order valence-electron chi connectivity index (χ2n) is 4.52. The van der Waals surface area contributed by atoms with E-state index in [0.717, 1.165) is 17.4 Å².